The lowest BCUT2D eigenvalue weighted by Crippen LogP contribution is -2.65. The minimum Gasteiger partial charge on any atom is -0.458 e. The van der Waals surface area contributed by atoms with Gasteiger partial charge in [0.05, 0.1) is 13.0 Å². The van der Waals surface area contributed by atoms with Crippen molar-refractivity contribution in [2.24, 2.45) is 17.8 Å². The number of rotatable bonds is 35. The van der Waals surface area contributed by atoms with Gasteiger partial charge in [0.1, 0.15) is 89.3 Å². The Morgan fingerprint density at radius 3 is 1.79 bits per heavy atom. The van der Waals surface area contributed by atoms with Crippen molar-refractivity contribution in [2.75, 3.05) is 75.5 Å². The fourth-order valence-electron chi connectivity index (χ4n) is 16.1. The third-order valence-corrected chi connectivity index (χ3v) is 23.2. The maximum absolute atomic E-state index is 15.3. The highest BCUT2D eigenvalue weighted by Crippen LogP contribution is 2.38. The smallest absolute Gasteiger partial charge is 0.422 e. The van der Waals surface area contributed by atoms with E-state index < -0.39 is 198 Å². The lowest BCUT2D eigenvalue weighted by atomic mass is 9.90. The zero-order valence-electron chi connectivity index (χ0n) is 70.9. The summed E-state index contributed by atoms with van der Waals surface area (Å²) in [6, 6.07) is 5.68. The van der Waals surface area contributed by atoms with Gasteiger partial charge >= 0.3 is 18.2 Å². The van der Waals surface area contributed by atoms with Crippen molar-refractivity contribution in [1.29, 1.82) is 0 Å². The van der Waals surface area contributed by atoms with Crippen LogP contribution in [-0.2, 0) is 92.6 Å². The molecule has 27 nitrogen and oxygen atoms in total. The molecule has 2 saturated heterocycles. The number of esters is 1. The van der Waals surface area contributed by atoms with Gasteiger partial charge in [-0.2, -0.15) is 13.2 Å². The van der Waals surface area contributed by atoms with Gasteiger partial charge in [0.25, 0.3) is 0 Å². The predicted octanol–water partition coefficient (Wildman–Crippen LogP) is 8.37. The molecule has 0 radical (unpaired) electrons. The largest absolute Gasteiger partial charge is 0.458 e. The number of amides is 12. The molecular formula is C85H121F5N12O15. The summed E-state index contributed by atoms with van der Waals surface area (Å²) >= 11 is 0. The average molecular weight is 1650 g/mol. The molecule has 4 fully saturated rings. The van der Waals surface area contributed by atoms with Crippen LogP contribution in [0.4, 0.5) is 26.7 Å². The lowest BCUT2D eigenvalue weighted by molar-refractivity contribution is -0.163. The van der Waals surface area contributed by atoms with E-state index in [1.165, 1.54) is 95.5 Å². The first kappa shape index (κ1) is 94.4. The summed E-state index contributed by atoms with van der Waals surface area (Å²) in [5.41, 5.74) is -2.49. The normalized spacial score (nSPS) is 18.1. The number of hydrogen-bond donors (Lipinski definition) is 3. The van der Waals surface area contributed by atoms with E-state index in [0.717, 1.165) is 28.9 Å². The van der Waals surface area contributed by atoms with Gasteiger partial charge in [-0.3, -0.25) is 52.7 Å². The molecule has 3 N–H and O–H groups in total. The molecule has 12 amide bonds. The number of hydrogen-bond acceptors (Lipinski definition) is 15. The fourth-order valence-corrected chi connectivity index (χ4v) is 16.1. The van der Waals surface area contributed by atoms with Crippen molar-refractivity contribution in [3.63, 3.8) is 0 Å². The van der Waals surface area contributed by atoms with Crippen molar-refractivity contribution in [1.82, 2.24) is 60.0 Å². The number of ether oxygens (including phenoxy) is 2. The van der Waals surface area contributed by atoms with E-state index in [9.17, 15) is 60.3 Å². The molecule has 117 heavy (non-hydrogen) atoms. The van der Waals surface area contributed by atoms with Gasteiger partial charge < -0.3 is 69.5 Å². The van der Waals surface area contributed by atoms with Gasteiger partial charge in [-0.05, 0) is 152 Å². The maximum Gasteiger partial charge on any atom is 0.422 e. The molecule has 0 bridgehead atoms. The summed E-state index contributed by atoms with van der Waals surface area (Å²) in [4.78, 5) is 201. The van der Waals surface area contributed by atoms with Crippen molar-refractivity contribution in [2.45, 2.75) is 257 Å². The molecule has 7 rings (SSSR count). The number of nitrogens with zero attached hydrogens (tertiary/aromatic N) is 9. The van der Waals surface area contributed by atoms with Gasteiger partial charge in [-0.15, -0.1) is 0 Å². The second-order valence-electron chi connectivity index (χ2n) is 33.6. The Hall–Kier alpha value is -9.78. The Morgan fingerprint density at radius 2 is 1.24 bits per heavy atom. The SMILES string of the molecule is CC[C@H](C)[C@H](NC(=O)[C@H](CC(C)C)N(C)C(=O)C[C@@H](C(=O)N(C)C)N(C)C(=O)[C@H](C1CCCC1)N(C)C(=O)C1(NC(=O)OCc2ccccc2)CCCC1)C(=O)N(C)[C@@H](C)C(=O)N1CC[C@H]1C(=O)N(CC)[C@@H](Cc1ccc(C)cc1)C(=O)N(C)CC(=O)N[C@@H](CCc1cc(F)c(C(F)(F)F)c(F)c1)C(=O)N1CCC[C@H]1C(=O)OC(C)(C)C. The molecule has 10 atom stereocenters. The quantitative estimate of drug-likeness (QED) is 0.0368. The molecule has 3 aromatic carbocycles. The van der Waals surface area contributed by atoms with Gasteiger partial charge in [-0.25, -0.2) is 18.4 Å². The summed E-state index contributed by atoms with van der Waals surface area (Å²) in [6.07, 6.45) is -2.03. The standard InChI is InChI=1S/C85H121F5N12O15/c1-18-53(6)70(92-72(105)64(44-51(3)4)97(15)68(104)48-65(75(108)94(11)12)98(16)79(112)71(58-30-23-24-31-58)99(17)81(114)84(40-25-26-41-84)93-82(115)116-50-56-28-21-20-22-29-56)78(111)96(14)54(7)73(106)102-43-39-62(102)77(110)100(19-2)66(47-55-35-33-52(5)34-36-55)76(109)95(13)49-67(103)91-61(38-37-57-45-59(86)69(60(87)46-57)85(88,89)90)74(107)101-42-27-32-63(101)80(113)117-83(8,9)10/h20-22,28-29,33-36,45-46,51,53-54,58,61-66,70-71H,18-19,23-27,30-32,37-44,47-50H2,1-17H3,(H,91,103)(H,92,105)(H,93,115)/t53-,54-,61-,62-,63-,64-,65-,66-,70-,71-/m0/s1. The molecule has 2 heterocycles. The van der Waals surface area contributed by atoms with E-state index >= 15 is 24.0 Å². The summed E-state index contributed by atoms with van der Waals surface area (Å²) in [6.45, 7) is 16.3. The highest BCUT2D eigenvalue weighted by molar-refractivity contribution is 6.00. The van der Waals surface area contributed by atoms with Gasteiger partial charge in [0, 0.05) is 75.4 Å². The summed E-state index contributed by atoms with van der Waals surface area (Å²) in [5.74, 6) is -13.2. The molecule has 0 aromatic heterocycles. The molecule has 0 spiro atoms. The first-order valence-electron chi connectivity index (χ1n) is 40.7. The van der Waals surface area contributed by atoms with Crippen molar-refractivity contribution >= 4 is 77.0 Å². The number of carbonyl (C=O) groups is 13. The molecule has 0 unspecified atom stereocenters. The molecule has 646 valence electrons. The molecule has 32 heteroatoms. The first-order chi connectivity index (χ1) is 54.9. The van der Waals surface area contributed by atoms with Crippen LogP contribution >= 0.6 is 0 Å². The van der Waals surface area contributed by atoms with E-state index in [0.29, 0.717) is 69.1 Å². The zero-order chi connectivity index (χ0) is 87.0. The van der Waals surface area contributed by atoms with Crippen LogP contribution in [0.2, 0.25) is 0 Å². The summed E-state index contributed by atoms with van der Waals surface area (Å²) in [5, 5.41) is 8.35. The van der Waals surface area contributed by atoms with Crippen LogP contribution < -0.4 is 16.0 Å². The number of likely N-dealkylation sites (N-methyl/N-ethyl adjacent to an activating group) is 7. The number of likely N-dealkylation sites (tertiary alicyclic amines) is 2. The van der Waals surface area contributed by atoms with Gasteiger partial charge in [0.2, 0.25) is 65.0 Å². The van der Waals surface area contributed by atoms with E-state index in [2.05, 4.69) is 16.0 Å². The monoisotopic (exact) mass is 1640 g/mol. The second-order valence-corrected chi connectivity index (χ2v) is 33.6. The van der Waals surface area contributed by atoms with Crippen LogP contribution in [0.1, 0.15) is 186 Å². The fraction of sp³-hybridized carbons (Fsp3) is 0.635. The second kappa shape index (κ2) is 41.1. The number of carbonyl (C=O) groups excluding carboxylic acids is 13. The van der Waals surface area contributed by atoms with Crippen LogP contribution in [0.25, 0.3) is 0 Å². The average Bonchev–Trinajstić information content (AvgIpc) is 1.77. The highest BCUT2D eigenvalue weighted by Gasteiger charge is 2.52. The Morgan fingerprint density at radius 1 is 0.632 bits per heavy atom. The van der Waals surface area contributed by atoms with Crippen LogP contribution in [0.3, 0.4) is 0 Å². The molecule has 2 aliphatic heterocycles. The van der Waals surface area contributed by atoms with Crippen LogP contribution in [0.15, 0.2) is 66.7 Å². The number of alkyl halides is 3. The first-order valence-corrected chi connectivity index (χ1v) is 40.7. The number of aryl methyl sites for hydroxylation is 2. The van der Waals surface area contributed by atoms with Crippen LogP contribution in [0.5, 0.6) is 0 Å². The zero-order valence-corrected chi connectivity index (χ0v) is 70.9. The number of benzene rings is 3. The van der Waals surface area contributed by atoms with Gasteiger partial charge in [0.15, 0.2) is 0 Å². The highest BCUT2D eigenvalue weighted by atomic mass is 19.4. The minimum atomic E-state index is -5.36. The predicted molar refractivity (Wildman–Crippen MR) is 425 cm³/mol. The third-order valence-electron chi connectivity index (χ3n) is 23.2. The Bertz CT molecular complexity index is 4010. The topological polar surface area (TPSA) is 306 Å². The minimum absolute atomic E-state index is 0.0344. The Kier molecular flexibility index (Phi) is 33.1. The van der Waals surface area contributed by atoms with Crippen molar-refractivity contribution in [3.8, 4) is 0 Å². The molecule has 3 aromatic rings. The number of nitrogens with one attached hydrogen (secondary N) is 3. The summed E-state index contributed by atoms with van der Waals surface area (Å²) < 4.78 is 81.7. The molecule has 2 aliphatic carbocycles. The van der Waals surface area contributed by atoms with Crippen molar-refractivity contribution in [3.05, 3.63) is 106 Å². The van der Waals surface area contributed by atoms with E-state index in [4.69, 9.17) is 9.47 Å². The molecular weight excluding hydrogens is 1520 g/mol. The number of alkyl carbamates (subject to hydrolysis) is 1. The van der Waals surface area contributed by atoms with Crippen LogP contribution in [-0.4, -0.2) is 262 Å². The van der Waals surface area contributed by atoms with Gasteiger partial charge in [-0.1, -0.05) is 120 Å². The Balaban J connectivity index is 1.06. The van der Waals surface area contributed by atoms with E-state index in [1.807, 2.05) is 39.0 Å². The summed E-state index contributed by atoms with van der Waals surface area (Å²) in [7, 11) is 9.97. The molecule has 4 aliphatic rings. The number of halogens is 5. The van der Waals surface area contributed by atoms with Crippen molar-refractivity contribution < 1.29 is 93.8 Å². The Labute approximate surface area is 684 Å². The van der Waals surface area contributed by atoms with E-state index in [1.54, 1.807) is 77.9 Å². The van der Waals surface area contributed by atoms with Crippen LogP contribution in [0, 0.1) is 36.3 Å². The molecule has 2 saturated carbocycles. The lowest BCUT2D eigenvalue weighted by Gasteiger charge is -2.45. The van der Waals surface area contributed by atoms with E-state index in [-0.39, 0.29) is 69.3 Å². The third kappa shape index (κ3) is 24.0. The maximum atomic E-state index is 15.3.